The first-order chi connectivity index (χ1) is 7.63. The van der Waals surface area contributed by atoms with Crippen LogP contribution in [-0.2, 0) is 6.54 Å². The molecule has 0 amide bonds. The average molecular weight is 223 g/mol. The van der Waals surface area contributed by atoms with Gasteiger partial charge in [0.1, 0.15) is 11.6 Å². The molecular formula is C13H18FNO. The van der Waals surface area contributed by atoms with Crippen molar-refractivity contribution in [1.29, 1.82) is 0 Å². The van der Waals surface area contributed by atoms with Crippen LogP contribution in [0.3, 0.4) is 0 Å². The molecule has 3 heteroatoms. The summed E-state index contributed by atoms with van der Waals surface area (Å²) in [6.45, 7) is 2.78. The summed E-state index contributed by atoms with van der Waals surface area (Å²) < 4.78 is 18.6. The molecule has 1 aromatic rings. The predicted octanol–water partition coefficient (Wildman–Crippen LogP) is 2.87. The summed E-state index contributed by atoms with van der Waals surface area (Å²) >= 11 is 0. The summed E-state index contributed by atoms with van der Waals surface area (Å²) in [6.07, 6.45) is 3.64. The maximum Gasteiger partial charge on any atom is 0.131 e. The molecule has 16 heavy (non-hydrogen) atoms. The Morgan fingerprint density at radius 3 is 2.69 bits per heavy atom. The smallest absolute Gasteiger partial charge is 0.131 e. The molecule has 0 aromatic heterocycles. The zero-order chi connectivity index (χ0) is 11.6. The molecule has 2 nitrogen and oxygen atoms in total. The van der Waals surface area contributed by atoms with E-state index in [1.807, 2.05) is 0 Å². The van der Waals surface area contributed by atoms with Crippen molar-refractivity contribution in [2.45, 2.75) is 38.3 Å². The number of benzene rings is 1. The van der Waals surface area contributed by atoms with Gasteiger partial charge in [-0.2, -0.15) is 0 Å². The molecule has 0 aliphatic heterocycles. The summed E-state index contributed by atoms with van der Waals surface area (Å²) in [5.41, 5.74) is 0.917. The largest absolute Gasteiger partial charge is 0.497 e. The minimum atomic E-state index is -0.199. The van der Waals surface area contributed by atoms with Gasteiger partial charge in [0.15, 0.2) is 0 Å². The molecule has 1 fully saturated rings. The van der Waals surface area contributed by atoms with Crippen LogP contribution in [0.1, 0.15) is 31.7 Å². The molecule has 0 unspecified atom stereocenters. The zero-order valence-electron chi connectivity index (χ0n) is 9.85. The molecule has 0 atom stereocenters. The van der Waals surface area contributed by atoms with Gasteiger partial charge in [-0.3, -0.25) is 0 Å². The first-order valence-electron chi connectivity index (χ1n) is 5.70. The zero-order valence-corrected chi connectivity index (χ0v) is 9.85. The highest BCUT2D eigenvalue weighted by Gasteiger charge is 2.30. The van der Waals surface area contributed by atoms with Gasteiger partial charge in [-0.1, -0.05) is 6.07 Å². The lowest BCUT2D eigenvalue weighted by Gasteiger charge is -2.39. The molecule has 2 rings (SSSR count). The normalized spacial score (nSPS) is 17.9. The topological polar surface area (TPSA) is 21.3 Å². The molecule has 0 bridgehead atoms. The third-order valence-electron chi connectivity index (χ3n) is 3.42. The van der Waals surface area contributed by atoms with Crippen molar-refractivity contribution in [3.8, 4) is 5.75 Å². The van der Waals surface area contributed by atoms with Crippen LogP contribution in [-0.4, -0.2) is 12.6 Å². The van der Waals surface area contributed by atoms with Crippen LogP contribution in [0.5, 0.6) is 5.75 Å². The molecule has 1 aliphatic rings. The van der Waals surface area contributed by atoms with Gasteiger partial charge >= 0.3 is 0 Å². The van der Waals surface area contributed by atoms with Gasteiger partial charge in [-0.25, -0.2) is 4.39 Å². The highest BCUT2D eigenvalue weighted by molar-refractivity contribution is 5.28. The summed E-state index contributed by atoms with van der Waals surface area (Å²) in [6, 6.07) is 5.01. The average Bonchev–Trinajstić information content (AvgIpc) is 2.25. The van der Waals surface area contributed by atoms with Crippen molar-refractivity contribution < 1.29 is 9.13 Å². The highest BCUT2D eigenvalue weighted by atomic mass is 19.1. The molecule has 0 saturated heterocycles. The second-order valence-corrected chi connectivity index (χ2v) is 4.73. The van der Waals surface area contributed by atoms with Gasteiger partial charge < -0.3 is 10.1 Å². The number of ether oxygens (including phenoxy) is 1. The molecule has 1 aromatic carbocycles. The van der Waals surface area contributed by atoms with Crippen LogP contribution in [0.15, 0.2) is 18.2 Å². The van der Waals surface area contributed by atoms with E-state index < -0.39 is 0 Å². The number of hydrogen-bond acceptors (Lipinski definition) is 2. The fourth-order valence-electron chi connectivity index (χ4n) is 1.99. The quantitative estimate of drug-likeness (QED) is 0.847. The second kappa shape index (κ2) is 4.42. The number of halogens is 1. The summed E-state index contributed by atoms with van der Waals surface area (Å²) in [5, 5.41) is 3.41. The van der Waals surface area contributed by atoms with Crippen LogP contribution < -0.4 is 10.1 Å². The van der Waals surface area contributed by atoms with E-state index in [9.17, 15) is 4.39 Å². The van der Waals surface area contributed by atoms with Crippen LogP contribution >= 0.6 is 0 Å². The molecule has 88 valence electrons. The van der Waals surface area contributed by atoms with E-state index in [1.165, 1.54) is 25.3 Å². The third-order valence-corrected chi connectivity index (χ3v) is 3.42. The lowest BCUT2D eigenvalue weighted by atomic mass is 9.78. The first-order valence-corrected chi connectivity index (χ1v) is 5.70. The van der Waals surface area contributed by atoms with Crippen molar-refractivity contribution >= 4 is 0 Å². The monoisotopic (exact) mass is 223 g/mol. The molecule has 1 N–H and O–H groups in total. The van der Waals surface area contributed by atoms with Crippen LogP contribution in [0.4, 0.5) is 4.39 Å². The van der Waals surface area contributed by atoms with Gasteiger partial charge in [0.25, 0.3) is 0 Å². The van der Waals surface area contributed by atoms with E-state index >= 15 is 0 Å². The second-order valence-electron chi connectivity index (χ2n) is 4.73. The molecule has 1 aliphatic carbocycles. The fourth-order valence-corrected chi connectivity index (χ4v) is 1.99. The summed E-state index contributed by atoms with van der Waals surface area (Å²) in [4.78, 5) is 0. The van der Waals surface area contributed by atoms with E-state index in [4.69, 9.17) is 4.74 Å². The van der Waals surface area contributed by atoms with Gasteiger partial charge in [-0.05, 0) is 32.3 Å². The van der Waals surface area contributed by atoms with Gasteiger partial charge in [-0.15, -0.1) is 0 Å². The van der Waals surface area contributed by atoms with Gasteiger partial charge in [0, 0.05) is 23.7 Å². The number of rotatable bonds is 4. The van der Waals surface area contributed by atoms with Crippen LogP contribution in [0.2, 0.25) is 0 Å². The predicted molar refractivity (Wildman–Crippen MR) is 62.0 cm³/mol. The van der Waals surface area contributed by atoms with Crippen molar-refractivity contribution in [3.63, 3.8) is 0 Å². The van der Waals surface area contributed by atoms with Crippen molar-refractivity contribution in [3.05, 3.63) is 29.6 Å². The number of methoxy groups -OCH3 is 1. The summed E-state index contributed by atoms with van der Waals surface area (Å²) in [7, 11) is 1.54. The molecule has 1 saturated carbocycles. The highest BCUT2D eigenvalue weighted by Crippen LogP contribution is 2.31. The maximum absolute atomic E-state index is 13.6. The van der Waals surface area contributed by atoms with E-state index in [0.29, 0.717) is 17.9 Å². The lowest BCUT2D eigenvalue weighted by Crippen LogP contribution is -2.47. The Labute approximate surface area is 95.8 Å². The van der Waals surface area contributed by atoms with Crippen LogP contribution in [0.25, 0.3) is 0 Å². The Hall–Kier alpha value is -1.09. The van der Waals surface area contributed by atoms with Gasteiger partial charge in [0.05, 0.1) is 7.11 Å². The minimum Gasteiger partial charge on any atom is -0.497 e. The molecule has 0 radical (unpaired) electrons. The number of hydrogen-bond donors (Lipinski definition) is 1. The fraction of sp³-hybridized carbons (Fsp3) is 0.538. The SMILES string of the molecule is COc1ccc(CNC2(C)CCC2)c(F)c1. The van der Waals surface area contributed by atoms with Crippen molar-refractivity contribution in [2.24, 2.45) is 0 Å². The van der Waals surface area contributed by atoms with E-state index in [2.05, 4.69) is 12.2 Å². The van der Waals surface area contributed by atoms with Crippen molar-refractivity contribution in [1.82, 2.24) is 5.32 Å². The Morgan fingerprint density at radius 1 is 1.44 bits per heavy atom. The van der Waals surface area contributed by atoms with E-state index in [1.54, 1.807) is 19.2 Å². The standard InChI is InChI=1S/C13H18FNO/c1-13(6-3-7-13)15-9-10-4-5-11(16-2)8-12(10)14/h4-5,8,15H,3,6-7,9H2,1-2H3. The molecule has 0 heterocycles. The number of nitrogens with one attached hydrogen (secondary N) is 1. The Bertz CT molecular complexity index is 374. The lowest BCUT2D eigenvalue weighted by molar-refractivity contribution is 0.206. The Morgan fingerprint density at radius 2 is 2.19 bits per heavy atom. The third kappa shape index (κ3) is 2.35. The summed E-state index contributed by atoms with van der Waals surface area (Å²) in [5.74, 6) is 0.367. The minimum absolute atomic E-state index is 0.199. The van der Waals surface area contributed by atoms with Crippen LogP contribution in [0, 0.1) is 5.82 Å². The Kier molecular flexibility index (Phi) is 3.15. The molecular weight excluding hydrogens is 205 g/mol. The van der Waals surface area contributed by atoms with E-state index in [0.717, 1.165) is 0 Å². The van der Waals surface area contributed by atoms with E-state index in [-0.39, 0.29) is 11.4 Å². The van der Waals surface area contributed by atoms with Crippen molar-refractivity contribution in [2.75, 3.05) is 7.11 Å². The maximum atomic E-state index is 13.6. The van der Waals surface area contributed by atoms with Gasteiger partial charge in [0.2, 0.25) is 0 Å². The Balaban J connectivity index is 1.98. The molecule has 0 spiro atoms. The first kappa shape index (κ1) is 11.4.